The molecule has 2 rings (SSSR count). The van der Waals surface area contributed by atoms with E-state index in [0.29, 0.717) is 5.92 Å². The van der Waals surface area contributed by atoms with Crippen molar-refractivity contribution in [1.29, 1.82) is 5.26 Å². The molecule has 0 aromatic rings. The van der Waals surface area contributed by atoms with E-state index in [1.165, 1.54) is 32.1 Å². The van der Waals surface area contributed by atoms with E-state index in [9.17, 15) is 0 Å². The summed E-state index contributed by atoms with van der Waals surface area (Å²) in [5, 5.41) is 8.94. The monoisotopic (exact) mass is 179 g/mol. The van der Waals surface area contributed by atoms with E-state index in [4.69, 9.17) is 10.00 Å². The predicted octanol–water partition coefficient (Wildman–Crippen LogP) is 2.50. The Labute approximate surface area is 79.9 Å². The van der Waals surface area contributed by atoms with Gasteiger partial charge < -0.3 is 4.74 Å². The minimum absolute atomic E-state index is 0.183. The van der Waals surface area contributed by atoms with Gasteiger partial charge in [0, 0.05) is 6.61 Å². The Hall–Kier alpha value is -0.550. The van der Waals surface area contributed by atoms with Gasteiger partial charge in [0.15, 0.2) is 0 Å². The number of nitrogens with zero attached hydrogens (tertiary/aromatic N) is 1. The van der Waals surface area contributed by atoms with Crippen molar-refractivity contribution in [1.82, 2.24) is 0 Å². The van der Waals surface area contributed by atoms with E-state index in [0.717, 1.165) is 13.0 Å². The summed E-state index contributed by atoms with van der Waals surface area (Å²) in [6.07, 6.45) is 7.83. The summed E-state index contributed by atoms with van der Waals surface area (Å²) in [7, 11) is 0. The highest BCUT2D eigenvalue weighted by Gasteiger charge is 2.35. The van der Waals surface area contributed by atoms with Gasteiger partial charge in [0.1, 0.15) is 0 Å². The zero-order valence-electron chi connectivity index (χ0n) is 8.04. The zero-order chi connectivity index (χ0) is 9.10. The molecule has 0 aromatic carbocycles. The first-order chi connectivity index (χ1) is 6.42. The van der Waals surface area contributed by atoms with Crippen molar-refractivity contribution in [3.05, 3.63) is 0 Å². The molecule has 2 aliphatic rings. The van der Waals surface area contributed by atoms with Crippen LogP contribution in [0, 0.1) is 23.2 Å². The molecule has 2 atom stereocenters. The molecule has 1 saturated carbocycles. The Balaban J connectivity index is 1.94. The largest absolute Gasteiger partial charge is 0.377 e. The molecular formula is C11H17NO. The molecule has 0 aromatic heterocycles. The van der Waals surface area contributed by atoms with Crippen LogP contribution in [0.25, 0.3) is 0 Å². The second-order valence-corrected chi connectivity index (χ2v) is 4.26. The van der Waals surface area contributed by atoms with Gasteiger partial charge in [-0.2, -0.15) is 5.26 Å². The first-order valence-corrected chi connectivity index (χ1v) is 5.43. The Morgan fingerprint density at radius 3 is 2.54 bits per heavy atom. The third-order valence-electron chi connectivity index (χ3n) is 3.42. The van der Waals surface area contributed by atoms with Crippen LogP contribution < -0.4 is 0 Å². The molecule has 1 heterocycles. The van der Waals surface area contributed by atoms with E-state index in [2.05, 4.69) is 6.07 Å². The quantitative estimate of drug-likeness (QED) is 0.619. The van der Waals surface area contributed by atoms with Crippen molar-refractivity contribution in [3.8, 4) is 6.07 Å². The van der Waals surface area contributed by atoms with Crippen molar-refractivity contribution in [2.45, 2.75) is 44.6 Å². The summed E-state index contributed by atoms with van der Waals surface area (Å²) in [5.74, 6) is 0.865. The fourth-order valence-electron chi connectivity index (χ4n) is 2.68. The number of hydrogen-bond acceptors (Lipinski definition) is 2. The smallest absolute Gasteiger partial charge is 0.0762 e. The molecule has 1 aliphatic carbocycles. The Morgan fingerprint density at radius 1 is 1.08 bits per heavy atom. The second kappa shape index (κ2) is 4.11. The minimum Gasteiger partial charge on any atom is -0.377 e. The van der Waals surface area contributed by atoms with Gasteiger partial charge in [-0.05, 0) is 25.2 Å². The molecule has 0 spiro atoms. The molecule has 0 bridgehead atoms. The Kier molecular flexibility index (Phi) is 2.85. The van der Waals surface area contributed by atoms with Crippen molar-refractivity contribution >= 4 is 0 Å². The summed E-state index contributed by atoms with van der Waals surface area (Å²) in [4.78, 5) is 0. The van der Waals surface area contributed by atoms with Crippen LogP contribution in [0.1, 0.15) is 38.5 Å². The maximum atomic E-state index is 8.94. The average Bonchev–Trinajstić information content (AvgIpc) is 2.67. The van der Waals surface area contributed by atoms with Gasteiger partial charge in [-0.3, -0.25) is 0 Å². The molecule has 2 unspecified atom stereocenters. The van der Waals surface area contributed by atoms with Crippen LogP contribution in [-0.4, -0.2) is 12.7 Å². The fraction of sp³-hybridized carbons (Fsp3) is 0.909. The summed E-state index contributed by atoms with van der Waals surface area (Å²) in [6.45, 7) is 0.805. The minimum atomic E-state index is 0.183. The standard InChI is InChI=1S/C11H17NO/c12-8-10-6-7-13-11(10)9-4-2-1-3-5-9/h9-11H,1-7H2. The normalized spacial score (nSPS) is 35.9. The molecule has 2 nitrogen and oxygen atoms in total. The molecule has 1 aliphatic heterocycles. The molecule has 0 radical (unpaired) electrons. The molecule has 0 amide bonds. The van der Waals surface area contributed by atoms with E-state index < -0.39 is 0 Å². The molecule has 2 fully saturated rings. The maximum Gasteiger partial charge on any atom is 0.0762 e. The third-order valence-corrected chi connectivity index (χ3v) is 3.42. The van der Waals surface area contributed by atoms with Crippen LogP contribution in [0.2, 0.25) is 0 Å². The third kappa shape index (κ3) is 1.86. The van der Waals surface area contributed by atoms with Crippen LogP contribution in [0.15, 0.2) is 0 Å². The van der Waals surface area contributed by atoms with E-state index >= 15 is 0 Å². The molecular weight excluding hydrogens is 162 g/mol. The Bertz CT molecular complexity index is 203. The first kappa shape index (κ1) is 9.02. The lowest BCUT2D eigenvalue weighted by Crippen LogP contribution is -2.27. The van der Waals surface area contributed by atoms with Gasteiger partial charge >= 0.3 is 0 Å². The Morgan fingerprint density at radius 2 is 1.85 bits per heavy atom. The summed E-state index contributed by atoms with van der Waals surface area (Å²) < 4.78 is 5.67. The highest BCUT2D eigenvalue weighted by Crippen LogP contribution is 2.35. The van der Waals surface area contributed by atoms with Crippen molar-refractivity contribution in [3.63, 3.8) is 0 Å². The molecule has 1 saturated heterocycles. The van der Waals surface area contributed by atoms with E-state index in [1.54, 1.807) is 0 Å². The topological polar surface area (TPSA) is 33.0 Å². The molecule has 0 N–H and O–H groups in total. The maximum absolute atomic E-state index is 8.94. The van der Waals surface area contributed by atoms with Crippen LogP contribution in [0.4, 0.5) is 0 Å². The van der Waals surface area contributed by atoms with Gasteiger partial charge in [-0.1, -0.05) is 19.3 Å². The fourth-order valence-corrected chi connectivity index (χ4v) is 2.68. The van der Waals surface area contributed by atoms with Gasteiger partial charge in [-0.15, -0.1) is 0 Å². The zero-order valence-corrected chi connectivity index (χ0v) is 8.04. The SMILES string of the molecule is N#CC1CCOC1C1CCCCC1. The summed E-state index contributed by atoms with van der Waals surface area (Å²) in [5.41, 5.74) is 0. The van der Waals surface area contributed by atoms with Crippen LogP contribution >= 0.6 is 0 Å². The number of nitriles is 1. The van der Waals surface area contributed by atoms with Gasteiger partial charge in [0.05, 0.1) is 18.1 Å². The van der Waals surface area contributed by atoms with E-state index in [1.807, 2.05) is 0 Å². The number of ether oxygens (including phenoxy) is 1. The highest BCUT2D eigenvalue weighted by molar-refractivity contribution is 4.95. The summed E-state index contributed by atoms with van der Waals surface area (Å²) >= 11 is 0. The van der Waals surface area contributed by atoms with Gasteiger partial charge in [-0.25, -0.2) is 0 Å². The van der Waals surface area contributed by atoms with Crippen molar-refractivity contribution in [2.75, 3.05) is 6.61 Å². The molecule has 2 heteroatoms. The lowest BCUT2D eigenvalue weighted by Gasteiger charge is -2.28. The van der Waals surface area contributed by atoms with Crippen molar-refractivity contribution in [2.24, 2.45) is 11.8 Å². The molecule has 13 heavy (non-hydrogen) atoms. The highest BCUT2D eigenvalue weighted by atomic mass is 16.5. The lowest BCUT2D eigenvalue weighted by molar-refractivity contribution is 0.0362. The number of hydrogen-bond donors (Lipinski definition) is 0. The van der Waals surface area contributed by atoms with Crippen LogP contribution in [-0.2, 0) is 4.74 Å². The first-order valence-electron chi connectivity index (χ1n) is 5.43. The number of rotatable bonds is 1. The second-order valence-electron chi connectivity index (χ2n) is 4.26. The molecule has 72 valence electrons. The van der Waals surface area contributed by atoms with E-state index in [-0.39, 0.29) is 12.0 Å². The lowest BCUT2D eigenvalue weighted by atomic mass is 9.81. The van der Waals surface area contributed by atoms with Crippen LogP contribution in [0.3, 0.4) is 0 Å². The van der Waals surface area contributed by atoms with Crippen molar-refractivity contribution < 1.29 is 4.74 Å². The van der Waals surface area contributed by atoms with Crippen LogP contribution in [0.5, 0.6) is 0 Å². The predicted molar refractivity (Wildman–Crippen MR) is 50.0 cm³/mol. The summed E-state index contributed by atoms with van der Waals surface area (Å²) in [6, 6.07) is 2.39. The van der Waals surface area contributed by atoms with Gasteiger partial charge in [0.2, 0.25) is 0 Å². The average molecular weight is 179 g/mol. The van der Waals surface area contributed by atoms with Gasteiger partial charge in [0.25, 0.3) is 0 Å².